The fraction of sp³-hybridized carbons (Fsp3) is 0.458. The van der Waals surface area contributed by atoms with Crippen molar-refractivity contribution in [3.63, 3.8) is 0 Å². The van der Waals surface area contributed by atoms with Crippen molar-refractivity contribution >= 4 is 6.03 Å². The number of amides is 2. The van der Waals surface area contributed by atoms with E-state index in [9.17, 15) is 14.3 Å². The summed E-state index contributed by atoms with van der Waals surface area (Å²) < 4.78 is 18.9. The van der Waals surface area contributed by atoms with Gasteiger partial charge >= 0.3 is 6.03 Å². The number of hydrogen-bond acceptors (Lipinski definition) is 4. The Labute approximate surface area is 183 Å². The molecule has 0 aliphatic carbocycles. The Kier molecular flexibility index (Phi) is 8.12. The Morgan fingerprint density at radius 3 is 2.52 bits per heavy atom. The van der Waals surface area contributed by atoms with Gasteiger partial charge in [0, 0.05) is 19.1 Å². The molecule has 0 radical (unpaired) electrons. The van der Waals surface area contributed by atoms with Crippen LogP contribution in [-0.2, 0) is 13.1 Å². The standard InChI is InChI=1S/C24H32FN3O3/c1-17(2)16-31-23-8-5-19(13-22(23)29)14-27-24(30)28(21-9-11-26-12-10-21)15-18-3-6-20(25)7-4-18/h3-8,13,17,21,26,29H,9-12,14-16H2,1-2H3,(H,27,30). The third-order valence-electron chi connectivity index (χ3n) is 5.32. The molecule has 0 unspecified atom stereocenters. The molecule has 7 heteroatoms. The van der Waals surface area contributed by atoms with Crippen LogP contribution in [0.3, 0.4) is 0 Å². The van der Waals surface area contributed by atoms with Gasteiger partial charge in [0.15, 0.2) is 11.5 Å². The normalized spacial score (nSPS) is 14.5. The second-order valence-corrected chi connectivity index (χ2v) is 8.40. The summed E-state index contributed by atoms with van der Waals surface area (Å²) in [4.78, 5) is 14.9. The lowest BCUT2D eigenvalue weighted by Crippen LogP contribution is -2.49. The van der Waals surface area contributed by atoms with Gasteiger partial charge in [-0.05, 0) is 67.2 Å². The van der Waals surface area contributed by atoms with Crippen LogP contribution < -0.4 is 15.4 Å². The molecule has 0 aromatic heterocycles. The number of piperidine rings is 1. The number of urea groups is 1. The average Bonchev–Trinajstić information content (AvgIpc) is 2.77. The first-order chi connectivity index (χ1) is 14.9. The number of halogens is 1. The maximum absolute atomic E-state index is 13.3. The van der Waals surface area contributed by atoms with E-state index in [0.29, 0.717) is 31.4 Å². The van der Waals surface area contributed by atoms with E-state index in [1.807, 2.05) is 24.8 Å². The number of phenols is 1. The number of aromatic hydroxyl groups is 1. The van der Waals surface area contributed by atoms with E-state index >= 15 is 0 Å². The van der Waals surface area contributed by atoms with Crippen LogP contribution in [0.4, 0.5) is 9.18 Å². The summed E-state index contributed by atoms with van der Waals surface area (Å²) in [6, 6.07) is 11.4. The predicted molar refractivity (Wildman–Crippen MR) is 119 cm³/mol. The molecule has 6 nitrogen and oxygen atoms in total. The van der Waals surface area contributed by atoms with Crippen molar-refractivity contribution < 1.29 is 19.0 Å². The van der Waals surface area contributed by atoms with E-state index in [-0.39, 0.29) is 23.6 Å². The molecule has 31 heavy (non-hydrogen) atoms. The first kappa shape index (κ1) is 22.9. The van der Waals surface area contributed by atoms with Crippen LogP contribution in [0.1, 0.15) is 37.8 Å². The topological polar surface area (TPSA) is 73.8 Å². The zero-order valence-corrected chi connectivity index (χ0v) is 18.2. The molecule has 0 spiro atoms. The predicted octanol–water partition coefficient (Wildman–Crippen LogP) is 4.03. The van der Waals surface area contributed by atoms with Gasteiger partial charge in [0.1, 0.15) is 5.82 Å². The van der Waals surface area contributed by atoms with Gasteiger partial charge in [0.2, 0.25) is 0 Å². The van der Waals surface area contributed by atoms with E-state index in [2.05, 4.69) is 10.6 Å². The monoisotopic (exact) mass is 429 g/mol. The second-order valence-electron chi connectivity index (χ2n) is 8.40. The van der Waals surface area contributed by atoms with Gasteiger partial charge in [-0.15, -0.1) is 0 Å². The number of benzene rings is 2. The van der Waals surface area contributed by atoms with E-state index in [0.717, 1.165) is 37.1 Å². The highest BCUT2D eigenvalue weighted by Gasteiger charge is 2.25. The maximum Gasteiger partial charge on any atom is 0.318 e. The van der Waals surface area contributed by atoms with Gasteiger partial charge < -0.3 is 25.4 Å². The molecular weight excluding hydrogens is 397 g/mol. The van der Waals surface area contributed by atoms with Gasteiger partial charge in [-0.1, -0.05) is 32.0 Å². The number of carbonyl (C=O) groups is 1. The van der Waals surface area contributed by atoms with E-state index in [1.165, 1.54) is 12.1 Å². The number of nitrogens with one attached hydrogen (secondary N) is 2. The summed E-state index contributed by atoms with van der Waals surface area (Å²) in [5.74, 6) is 0.577. The van der Waals surface area contributed by atoms with E-state index in [1.54, 1.807) is 24.3 Å². The van der Waals surface area contributed by atoms with Crippen molar-refractivity contribution in [3.05, 3.63) is 59.4 Å². The minimum Gasteiger partial charge on any atom is -0.504 e. The number of nitrogens with zero attached hydrogens (tertiary/aromatic N) is 1. The highest BCUT2D eigenvalue weighted by atomic mass is 19.1. The third-order valence-corrected chi connectivity index (χ3v) is 5.32. The number of ether oxygens (including phenoxy) is 1. The smallest absolute Gasteiger partial charge is 0.318 e. The van der Waals surface area contributed by atoms with Gasteiger partial charge in [-0.2, -0.15) is 0 Å². The molecule has 0 bridgehead atoms. The fourth-order valence-corrected chi connectivity index (χ4v) is 3.60. The van der Waals surface area contributed by atoms with Gasteiger partial charge in [0.25, 0.3) is 0 Å². The number of rotatable bonds is 8. The zero-order valence-electron chi connectivity index (χ0n) is 18.2. The molecule has 168 valence electrons. The molecule has 2 amide bonds. The summed E-state index contributed by atoms with van der Waals surface area (Å²) >= 11 is 0. The minimum atomic E-state index is -0.290. The molecule has 1 fully saturated rings. The lowest BCUT2D eigenvalue weighted by Gasteiger charge is -2.35. The SMILES string of the molecule is CC(C)COc1ccc(CNC(=O)N(Cc2ccc(F)cc2)C2CCNCC2)cc1O. The Morgan fingerprint density at radius 1 is 1.19 bits per heavy atom. The van der Waals surface area contributed by atoms with Gasteiger partial charge in [-0.3, -0.25) is 0 Å². The third kappa shape index (κ3) is 6.85. The van der Waals surface area contributed by atoms with Crippen LogP contribution in [0.15, 0.2) is 42.5 Å². The van der Waals surface area contributed by atoms with Crippen molar-refractivity contribution in [1.82, 2.24) is 15.5 Å². The Bertz CT molecular complexity index is 852. The van der Waals surface area contributed by atoms with E-state index in [4.69, 9.17) is 4.74 Å². The van der Waals surface area contributed by atoms with Gasteiger partial charge in [0.05, 0.1) is 6.61 Å². The summed E-state index contributed by atoms with van der Waals surface area (Å²) in [6.07, 6.45) is 1.74. The summed E-state index contributed by atoms with van der Waals surface area (Å²) in [6.45, 7) is 7.05. The van der Waals surface area contributed by atoms with Crippen LogP contribution in [0, 0.1) is 11.7 Å². The molecule has 1 aliphatic rings. The molecule has 3 N–H and O–H groups in total. The Hall–Kier alpha value is -2.80. The van der Waals surface area contributed by atoms with Crippen molar-refractivity contribution in [2.24, 2.45) is 5.92 Å². The summed E-state index contributed by atoms with van der Waals surface area (Å²) in [5, 5.41) is 16.5. The zero-order chi connectivity index (χ0) is 22.2. The molecule has 3 rings (SSSR count). The molecule has 2 aromatic carbocycles. The molecule has 1 saturated heterocycles. The van der Waals surface area contributed by atoms with E-state index < -0.39 is 0 Å². The number of hydrogen-bond donors (Lipinski definition) is 3. The van der Waals surface area contributed by atoms with Crippen molar-refractivity contribution in [2.75, 3.05) is 19.7 Å². The number of carbonyl (C=O) groups excluding carboxylic acids is 1. The largest absolute Gasteiger partial charge is 0.504 e. The van der Waals surface area contributed by atoms with Crippen LogP contribution in [-0.4, -0.2) is 41.8 Å². The van der Waals surface area contributed by atoms with Crippen LogP contribution in [0.5, 0.6) is 11.5 Å². The van der Waals surface area contributed by atoms with Crippen molar-refractivity contribution in [2.45, 2.75) is 45.8 Å². The first-order valence-electron chi connectivity index (χ1n) is 10.9. The minimum absolute atomic E-state index is 0.0638. The Morgan fingerprint density at radius 2 is 1.87 bits per heavy atom. The molecule has 1 heterocycles. The van der Waals surface area contributed by atoms with Crippen molar-refractivity contribution in [3.8, 4) is 11.5 Å². The fourth-order valence-electron chi connectivity index (χ4n) is 3.60. The van der Waals surface area contributed by atoms with Crippen molar-refractivity contribution in [1.29, 1.82) is 0 Å². The van der Waals surface area contributed by atoms with Gasteiger partial charge in [-0.25, -0.2) is 9.18 Å². The molecule has 0 atom stereocenters. The van der Waals surface area contributed by atoms with Crippen LogP contribution >= 0.6 is 0 Å². The summed E-state index contributed by atoms with van der Waals surface area (Å²) in [5.41, 5.74) is 1.68. The Balaban J connectivity index is 1.64. The quantitative estimate of drug-likeness (QED) is 0.592. The second kappa shape index (κ2) is 11.0. The highest BCUT2D eigenvalue weighted by Crippen LogP contribution is 2.27. The highest BCUT2D eigenvalue weighted by molar-refractivity contribution is 5.74. The maximum atomic E-state index is 13.3. The molecule has 0 saturated carbocycles. The molecule has 2 aromatic rings. The average molecular weight is 430 g/mol. The van der Waals surface area contributed by atoms with Crippen LogP contribution in [0.25, 0.3) is 0 Å². The molecule has 1 aliphatic heterocycles. The van der Waals surface area contributed by atoms with Crippen LogP contribution in [0.2, 0.25) is 0 Å². The molecular formula is C24H32FN3O3. The summed E-state index contributed by atoms with van der Waals surface area (Å²) in [7, 11) is 0. The first-order valence-corrected chi connectivity index (χ1v) is 10.9. The number of phenolic OH excluding ortho intramolecular Hbond substituents is 1. The lowest BCUT2D eigenvalue weighted by molar-refractivity contribution is 0.154. The lowest BCUT2D eigenvalue weighted by atomic mass is 10.0.